The van der Waals surface area contributed by atoms with Gasteiger partial charge in [0.2, 0.25) is 5.95 Å². The molecule has 0 fully saturated rings. The molecule has 0 radical (unpaired) electrons. The van der Waals surface area contributed by atoms with E-state index < -0.39 is 16.4 Å². The highest BCUT2D eigenvalue weighted by Crippen LogP contribution is 2.29. The van der Waals surface area contributed by atoms with E-state index in [1.165, 1.54) is 12.3 Å². The molecular formula is C42H38N14O3. The van der Waals surface area contributed by atoms with Crippen molar-refractivity contribution >= 4 is 40.1 Å². The maximum atomic E-state index is 14.3. The number of nitro groups is 1. The summed E-state index contributed by atoms with van der Waals surface area (Å²) in [6.07, 6.45) is 10.6. The topological polar surface area (TPSA) is 233 Å². The summed E-state index contributed by atoms with van der Waals surface area (Å²) in [5.74, 6) is 1.46. The summed E-state index contributed by atoms with van der Waals surface area (Å²) in [4.78, 5) is 59.1. The third-order valence-electron chi connectivity index (χ3n) is 9.68. The molecular weight excluding hydrogens is 749 g/mol. The highest BCUT2D eigenvalue weighted by molar-refractivity contribution is 5.98. The van der Waals surface area contributed by atoms with Crippen molar-refractivity contribution in [3.63, 3.8) is 0 Å². The molecule has 1 unspecified atom stereocenters. The first-order valence-corrected chi connectivity index (χ1v) is 18.8. The van der Waals surface area contributed by atoms with Crippen molar-refractivity contribution in [2.24, 2.45) is 5.73 Å². The molecule has 8 rings (SSSR count). The van der Waals surface area contributed by atoms with Crippen LogP contribution in [0.3, 0.4) is 0 Å². The number of nitrogens with one attached hydrogen (secondary N) is 4. The van der Waals surface area contributed by atoms with Gasteiger partial charge in [-0.1, -0.05) is 48.5 Å². The molecule has 5 heterocycles. The molecule has 0 bridgehead atoms. The lowest BCUT2D eigenvalue weighted by atomic mass is 9.91. The van der Waals surface area contributed by atoms with Crippen LogP contribution in [0.5, 0.6) is 0 Å². The molecule has 0 spiro atoms. The number of pyridine rings is 1. The number of anilines is 3. The minimum atomic E-state index is -1.59. The van der Waals surface area contributed by atoms with Crippen LogP contribution in [0, 0.1) is 10.1 Å². The Bertz CT molecular complexity index is 2690. The fraction of sp³-hybridized carbons (Fsp3) is 0.143. The Morgan fingerprint density at radius 3 is 2.25 bits per heavy atom. The molecule has 5 aromatic heterocycles. The van der Waals surface area contributed by atoms with Gasteiger partial charge in [-0.05, 0) is 55.3 Å². The lowest BCUT2D eigenvalue weighted by Crippen LogP contribution is -2.49. The number of carbonyl (C=O) groups excluding carboxylic acids is 1. The molecule has 17 nitrogen and oxygen atoms in total. The Balaban J connectivity index is 0.961. The largest absolute Gasteiger partial charge is 0.368 e. The Labute approximate surface area is 337 Å². The minimum absolute atomic E-state index is 0.0749. The molecule has 0 saturated heterocycles. The summed E-state index contributed by atoms with van der Waals surface area (Å²) < 4.78 is 2.05. The first kappa shape index (κ1) is 38.0. The molecule has 1 atom stereocenters. The molecule has 1 amide bonds. The normalized spacial score (nSPS) is 12.2. The number of rotatable bonds is 16. The van der Waals surface area contributed by atoms with Crippen LogP contribution in [0.4, 0.5) is 23.1 Å². The fourth-order valence-corrected chi connectivity index (χ4v) is 6.54. The number of para-hydroxylation sites is 2. The lowest BCUT2D eigenvalue weighted by molar-refractivity contribution is -0.385. The van der Waals surface area contributed by atoms with Crippen molar-refractivity contribution in [3.8, 4) is 33.9 Å². The molecule has 17 heteroatoms. The van der Waals surface area contributed by atoms with Gasteiger partial charge in [0.25, 0.3) is 11.6 Å². The monoisotopic (exact) mass is 786 g/mol. The second kappa shape index (κ2) is 17.1. The van der Waals surface area contributed by atoms with Gasteiger partial charge in [-0.2, -0.15) is 0 Å². The van der Waals surface area contributed by atoms with Crippen molar-refractivity contribution in [2.45, 2.75) is 24.9 Å². The Kier molecular flexibility index (Phi) is 11.0. The van der Waals surface area contributed by atoms with Crippen LogP contribution in [0.25, 0.3) is 44.9 Å². The van der Waals surface area contributed by atoms with Crippen LogP contribution in [0.2, 0.25) is 0 Å². The summed E-state index contributed by atoms with van der Waals surface area (Å²) in [7, 11) is 0. The number of nitrogens with two attached hydrogens (primary N) is 1. The Hall–Kier alpha value is -7.92. The van der Waals surface area contributed by atoms with Crippen molar-refractivity contribution in [3.05, 3.63) is 150 Å². The number of aryl methyl sites for hydroxylation is 1. The van der Waals surface area contributed by atoms with Gasteiger partial charge in [0.05, 0.1) is 33.7 Å². The SMILES string of the molecule is NC(CCCn1cnc2ccccc21)(C(=O)Nc1ccc(-c2ccnc(NCCNc3ccc([N+](=O)[O-])cn3)n2)cc1)c1nccc(-c2ccc(-c3ncc[nH]3)cc2)n1. The number of hydrogen-bond acceptors (Lipinski definition) is 13. The predicted molar refractivity (Wildman–Crippen MR) is 224 cm³/mol. The van der Waals surface area contributed by atoms with Crippen LogP contribution in [0.15, 0.2) is 134 Å². The van der Waals surface area contributed by atoms with E-state index in [9.17, 15) is 14.9 Å². The standard InChI is InChI=1S/C42H38N14O3/c43-42(18-3-25-55-27-51-35-4-1-2-5-36(35)55,39-47-19-16-33(53-39)28-6-8-30(9-7-28)38-45-22-23-46-38)40(57)52-31-12-10-29(11-13-31)34-17-20-48-41(54-34)49-24-21-44-37-15-14-32(26-50-37)56(58)59/h1-2,4-17,19-20,22-23,26-27H,3,18,21,24-25,43H2,(H,44,50)(H,45,46)(H,52,57)(H,48,49,54). The highest BCUT2D eigenvalue weighted by Gasteiger charge is 2.39. The van der Waals surface area contributed by atoms with Gasteiger partial charge in [-0.25, -0.2) is 34.9 Å². The lowest BCUT2D eigenvalue weighted by Gasteiger charge is -2.27. The molecule has 6 N–H and O–H groups in total. The molecule has 0 aliphatic rings. The molecule has 0 aliphatic carbocycles. The van der Waals surface area contributed by atoms with Crippen molar-refractivity contribution < 1.29 is 9.72 Å². The maximum Gasteiger partial charge on any atom is 0.287 e. The van der Waals surface area contributed by atoms with E-state index in [1.807, 2.05) is 60.7 Å². The van der Waals surface area contributed by atoms with Crippen LogP contribution in [0.1, 0.15) is 18.7 Å². The van der Waals surface area contributed by atoms with Gasteiger partial charge in [0, 0.05) is 72.9 Å². The zero-order valence-corrected chi connectivity index (χ0v) is 31.6. The number of fused-ring (bicyclic) bond motifs is 1. The number of nitrogens with zero attached hydrogens (tertiary/aromatic N) is 9. The maximum absolute atomic E-state index is 14.3. The smallest absolute Gasteiger partial charge is 0.287 e. The summed E-state index contributed by atoms with van der Waals surface area (Å²) in [6, 6.07) is 29.5. The van der Waals surface area contributed by atoms with Gasteiger partial charge in [0.15, 0.2) is 11.4 Å². The van der Waals surface area contributed by atoms with Crippen molar-refractivity contribution in [1.82, 2.24) is 44.4 Å². The fourth-order valence-electron chi connectivity index (χ4n) is 6.54. The van der Waals surface area contributed by atoms with Crippen molar-refractivity contribution in [1.29, 1.82) is 0 Å². The molecule has 3 aromatic carbocycles. The van der Waals surface area contributed by atoms with Crippen molar-refractivity contribution in [2.75, 3.05) is 29.0 Å². The first-order valence-electron chi connectivity index (χ1n) is 18.8. The number of carbonyl (C=O) groups is 1. The number of imidazole rings is 2. The third kappa shape index (κ3) is 8.74. The van der Waals surface area contributed by atoms with Gasteiger partial charge in [-0.3, -0.25) is 14.9 Å². The van der Waals surface area contributed by atoms with Crippen LogP contribution in [-0.4, -0.2) is 68.4 Å². The zero-order chi connectivity index (χ0) is 40.6. The van der Waals surface area contributed by atoms with E-state index >= 15 is 0 Å². The van der Waals surface area contributed by atoms with Gasteiger partial charge in [0.1, 0.15) is 17.8 Å². The van der Waals surface area contributed by atoms with E-state index in [0.29, 0.717) is 54.9 Å². The Morgan fingerprint density at radius 1 is 0.780 bits per heavy atom. The number of hydrogen-bond donors (Lipinski definition) is 5. The second-order valence-electron chi connectivity index (χ2n) is 13.6. The molecule has 8 aromatic rings. The van der Waals surface area contributed by atoms with E-state index in [-0.39, 0.29) is 17.9 Å². The number of aromatic amines is 1. The molecule has 0 saturated carbocycles. The predicted octanol–water partition coefficient (Wildman–Crippen LogP) is 6.44. The summed E-state index contributed by atoms with van der Waals surface area (Å²) in [6.45, 7) is 1.53. The van der Waals surface area contributed by atoms with Crippen LogP contribution in [-0.2, 0) is 16.9 Å². The van der Waals surface area contributed by atoms with E-state index in [1.54, 1.807) is 61.4 Å². The van der Waals surface area contributed by atoms with Crippen LogP contribution < -0.4 is 21.7 Å². The summed E-state index contributed by atoms with van der Waals surface area (Å²) in [5, 5.41) is 20.2. The van der Waals surface area contributed by atoms with Crippen LogP contribution >= 0.6 is 0 Å². The number of amides is 1. The first-order chi connectivity index (χ1) is 28.8. The van der Waals surface area contributed by atoms with E-state index in [2.05, 4.69) is 55.4 Å². The van der Waals surface area contributed by atoms with Gasteiger partial charge >= 0.3 is 0 Å². The minimum Gasteiger partial charge on any atom is -0.368 e. The average Bonchev–Trinajstić information content (AvgIpc) is 3.97. The van der Waals surface area contributed by atoms with Gasteiger partial charge in [-0.15, -0.1) is 0 Å². The quantitative estimate of drug-likeness (QED) is 0.0404. The zero-order valence-electron chi connectivity index (χ0n) is 31.6. The second-order valence-corrected chi connectivity index (χ2v) is 13.6. The van der Waals surface area contributed by atoms with E-state index in [0.717, 1.165) is 33.5 Å². The summed E-state index contributed by atoms with van der Waals surface area (Å²) in [5.41, 5.74) is 11.8. The highest BCUT2D eigenvalue weighted by atomic mass is 16.6. The average molecular weight is 787 g/mol. The number of H-pyrrole nitrogens is 1. The molecule has 59 heavy (non-hydrogen) atoms. The van der Waals surface area contributed by atoms with Gasteiger partial charge < -0.3 is 31.2 Å². The molecule has 0 aliphatic heterocycles. The molecule has 294 valence electrons. The van der Waals surface area contributed by atoms with E-state index in [4.69, 9.17) is 10.7 Å². The number of aromatic nitrogens is 9. The third-order valence-corrected chi connectivity index (χ3v) is 9.68. The Morgan fingerprint density at radius 2 is 1.51 bits per heavy atom. The number of benzene rings is 3. The summed E-state index contributed by atoms with van der Waals surface area (Å²) >= 11 is 0.